The molecule has 0 radical (unpaired) electrons. The first-order valence-corrected chi connectivity index (χ1v) is 11.1. The lowest BCUT2D eigenvalue weighted by molar-refractivity contribution is -0.125. The topological polar surface area (TPSA) is 58.2 Å². The largest absolute Gasteiger partial charge is 0.359 e. The lowest BCUT2D eigenvalue weighted by Gasteiger charge is -2.27. The molecule has 1 aliphatic carbocycles. The lowest BCUT2D eigenvalue weighted by atomic mass is 9.90. The van der Waals surface area contributed by atoms with Gasteiger partial charge in [-0.1, -0.05) is 31.4 Å². The van der Waals surface area contributed by atoms with Crippen LogP contribution in [-0.2, 0) is 9.59 Å². The second kappa shape index (κ2) is 11.0. The number of amides is 2. The molecule has 1 aliphatic rings. The maximum absolute atomic E-state index is 14.6. The number of halogens is 3. The molecule has 0 bridgehead atoms. The second-order valence-electron chi connectivity index (χ2n) is 7.19. The predicted molar refractivity (Wildman–Crippen MR) is 109 cm³/mol. The highest BCUT2D eigenvalue weighted by Crippen LogP contribution is 2.39. The molecular weight excluding hydrogens is 406 g/mol. The first-order valence-electron chi connectivity index (χ1n) is 9.57. The first-order chi connectivity index (χ1) is 13.3. The van der Waals surface area contributed by atoms with Gasteiger partial charge in [-0.25, -0.2) is 8.78 Å². The number of benzene rings is 1. The monoisotopic (exact) mass is 432 g/mol. The van der Waals surface area contributed by atoms with Crippen LogP contribution in [0.5, 0.6) is 0 Å². The van der Waals surface area contributed by atoms with E-state index in [2.05, 4.69) is 10.6 Å². The van der Waals surface area contributed by atoms with Crippen LogP contribution in [0.25, 0.3) is 0 Å². The smallest absolute Gasteiger partial charge is 0.224 e. The number of hydrogen-bond acceptors (Lipinski definition) is 3. The van der Waals surface area contributed by atoms with Gasteiger partial charge >= 0.3 is 0 Å². The Kier molecular flexibility index (Phi) is 9.02. The molecular formula is C20H27ClF2N2O2S. The molecule has 1 aromatic rings. The van der Waals surface area contributed by atoms with Gasteiger partial charge in [0.15, 0.2) is 0 Å². The minimum Gasteiger partial charge on any atom is -0.359 e. The summed E-state index contributed by atoms with van der Waals surface area (Å²) in [6.07, 6.45) is 3.97. The Labute approximate surface area is 174 Å². The highest BCUT2D eigenvalue weighted by Gasteiger charge is 2.33. The molecule has 2 rings (SSSR count). The van der Waals surface area contributed by atoms with Crippen LogP contribution in [0.2, 0.25) is 5.02 Å². The van der Waals surface area contributed by atoms with E-state index in [9.17, 15) is 18.4 Å². The van der Waals surface area contributed by atoms with E-state index in [4.69, 9.17) is 11.6 Å². The molecule has 2 N–H and O–H groups in total. The number of rotatable bonds is 9. The summed E-state index contributed by atoms with van der Waals surface area (Å²) < 4.78 is 29.1. The summed E-state index contributed by atoms with van der Waals surface area (Å²) in [7, 11) is 1.58. The van der Waals surface area contributed by atoms with E-state index in [0.717, 1.165) is 31.7 Å². The number of nitrogens with one attached hydrogen (secondary N) is 2. The molecule has 1 saturated carbocycles. The van der Waals surface area contributed by atoms with Gasteiger partial charge in [0, 0.05) is 36.5 Å². The Morgan fingerprint density at radius 2 is 1.96 bits per heavy atom. The Morgan fingerprint density at radius 3 is 2.61 bits per heavy atom. The van der Waals surface area contributed by atoms with E-state index in [1.54, 1.807) is 14.0 Å². The Balaban J connectivity index is 2.06. The summed E-state index contributed by atoms with van der Waals surface area (Å²) in [6.45, 7) is 1.78. The molecule has 156 valence electrons. The minimum atomic E-state index is -0.800. The summed E-state index contributed by atoms with van der Waals surface area (Å²) in [5.41, 5.74) is -0.146. The minimum absolute atomic E-state index is 0.0143. The third-order valence-corrected chi connectivity index (χ3v) is 6.65. The van der Waals surface area contributed by atoms with Gasteiger partial charge in [-0.15, -0.1) is 0 Å². The molecule has 8 heteroatoms. The van der Waals surface area contributed by atoms with Crippen LogP contribution in [0.4, 0.5) is 8.78 Å². The van der Waals surface area contributed by atoms with Gasteiger partial charge in [-0.3, -0.25) is 9.59 Å². The van der Waals surface area contributed by atoms with Crippen molar-refractivity contribution in [1.82, 2.24) is 10.6 Å². The van der Waals surface area contributed by atoms with Gasteiger partial charge in [-0.2, -0.15) is 11.8 Å². The highest BCUT2D eigenvalue weighted by molar-refractivity contribution is 7.99. The molecule has 4 nitrogen and oxygen atoms in total. The van der Waals surface area contributed by atoms with Crippen molar-refractivity contribution in [3.63, 3.8) is 0 Å². The normalized spacial score (nSPS) is 16.6. The molecule has 0 spiro atoms. The average Bonchev–Trinajstić information content (AvgIpc) is 3.21. The standard InChI is InChI=1S/C20H27ClF2N2O2S/c1-12(11-28-10-9-16(26)24-2)20(27)25-19(13-5-3-4-6-13)17-15(22)8-7-14(21)18(17)23/h7-8,12-13,19H,3-6,9-11H2,1-2H3,(H,24,26)(H,25,27)/t12-,19?/m0/s1. The summed E-state index contributed by atoms with van der Waals surface area (Å²) in [5.74, 6) is -0.996. The van der Waals surface area contributed by atoms with Gasteiger partial charge in [0.05, 0.1) is 11.1 Å². The van der Waals surface area contributed by atoms with Gasteiger partial charge in [0.25, 0.3) is 0 Å². The molecule has 2 amide bonds. The predicted octanol–water partition coefficient (Wildman–Crippen LogP) is 4.47. The average molecular weight is 433 g/mol. The maximum atomic E-state index is 14.6. The van der Waals surface area contributed by atoms with Crippen molar-refractivity contribution in [1.29, 1.82) is 0 Å². The summed E-state index contributed by atoms with van der Waals surface area (Å²) in [5, 5.41) is 5.28. The fourth-order valence-corrected chi connectivity index (χ4v) is 4.63. The van der Waals surface area contributed by atoms with Crippen molar-refractivity contribution in [2.45, 2.75) is 45.1 Å². The Hall–Kier alpha value is -1.34. The highest BCUT2D eigenvalue weighted by atomic mass is 35.5. The maximum Gasteiger partial charge on any atom is 0.224 e. The van der Waals surface area contributed by atoms with Crippen molar-refractivity contribution in [2.24, 2.45) is 11.8 Å². The van der Waals surface area contributed by atoms with Crippen LogP contribution in [0.3, 0.4) is 0 Å². The van der Waals surface area contributed by atoms with Crippen LogP contribution < -0.4 is 10.6 Å². The van der Waals surface area contributed by atoms with Crippen molar-refractivity contribution < 1.29 is 18.4 Å². The van der Waals surface area contributed by atoms with E-state index in [0.29, 0.717) is 17.9 Å². The summed E-state index contributed by atoms with van der Waals surface area (Å²) >= 11 is 7.37. The Bertz CT molecular complexity index is 699. The number of thioether (sulfide) groups is 1. The lowest BCUT2D eigenvalue weighted by Crippen LogP contribution is -2.38. The quantitative estimate of drug-likeness (QED) is 0.447. The van der Waals surface area contributed by atoms with Crippen LogP contribution in [0, 0.1) is 23.5 Å². The van der Waals surface area contributed by atoms with Crippen LogP contribution in [0.15, 0.2) is 12.1 Å². The van der Waals surface area contributed by atoms with Gasteiger partial charge in [0.2, 0.25) is 11.8 Å². The van der Waals surface area contributed by atoms with Crippen molar-refractivity contribution >= 4 is 35.2 Å². The van der Waals surface area contributed by atoms with Gasteiger partial charge < -0.3 is 10.6 Å². The molecule has 1 fully saturated rings. The third-order valence-electron chi connectivity index (χ3n) is 5.13. The number of hydrogen-bond donors (Lipinski definition) is 2. The van der Waals surface area contributed by atoms with E-state index in [1.165, 1.54) is 17.8 Å². The first kappa shape index (κ1) is 22.9. The fourth-order valence-electron chi connectivity index (χ4n) is 3.47. The van der Waals surface area contributed by atoms with E-state index in [1.807, 2.05) is 0 Å². The zero-order chi connectivity index (χ0) is 20.7. The van der Waals surface area contributed by atoms with Crippen molar-refractivity contribution in [2.75, 3.05) is 18.6 Å². The zero-order valence-corrected chi connectivity index (χ0v) is 17.8. The van der Waals surface area contributed by atoms with Crippen LogP contribution >= 0.6 is 23.4 Å². The second-order valence-corrected chi connectivity index (χ2v) is 8.74. The van der Waals surface area contributed by atoms with E-state index in [-0.39, 0.29) is 34.2 Å². The van der Waals surface area contributed by atoms with E-state index < -0.39 is 17.7 Å². The van der Waals surface area contributed by atoms with Crippen LogP contribution in [0.1, 0.15) is 50.6 Å². The summed E-state index contributed by atoms with van der Waals surface area (Å²) in [4.78, 5) is 23.9. The van der Waals surface area contributed by atoms with Crippen molar-refractivity contribution in [3.05, 3.63) is 34.4 Å². The van der Waals surface area contributed by atoms with Crippen LogP contribution in [-0.4, -0.2) is 30.4 Å². The molecule has 28 heavy (non-hydrogen) atoms. The molecule has 0 saturated heterocycles. The third kappa shape index (κ3) is 6.08. The van der Waals surface area contributed by atoms with Crippen molar-refractivity contribution in [3.8, 4) is 0 Å². The molecule has 1 aromatic carbocycles. The molecule has 0 heterocycles. The van der Waals surface area contributed by atoms with Gasteiger partial charge in [-0.05, 0) is 30.9 Å². The van der Waals surface area contributed by atoms with Gasteiger partial charge in [0.1, 0.15) is 11.6 Å². The molecule has 0 aliphatic heterocycles. The number of carbonyl (C=O) groups is 2. The molecule has 2 atom stereocenters. The SMILES string of the molecule is CNC(=O)CCSC[C@H](C)C(=O)NC(c1c(F)ccc(Cl)c1F)C1CCCC1. The molecule has 1 unspecified atom stereocenters. The zero-order valence-electron chi connectivity index (χ0n) is 16.2. The molecule has 0 aromatic heterocycles. The Morgan fingerprint density at radius 1 is 1.29 bits per heavy atom. The van der Waals surface area contributed by atoms with E-state index >= 15 is 0 Å². The number of carbonyl (C=O) groups excluding carboxylic acids is 2. The fraction of sp³-hybridized carbons (Fsp3) is 0.600. The summed E-state index contributed by atoms with van der Waals surface area (Å²) in [6, 6.07) is 1.61.